The molecule has 0 amide bonds. The van der Waals surface area contributed by atoms with Gasteiger partial charge in [-0.15, -0.1) is 0 Å². The van der Waals surface area contributed by atoms with Crippen LogP contribution in [0.25, 0.3) is 0 Å². The van der Waals surface area contributed by atoms with Crippen LogP contribution in [0.3, 0.4) is 0 Å². The number of hydrogen-bond donors (Lipinski definition) is 2. The first-order valence-corrected chi connectivity index (χ1v) is 6.26. The van der Waals surface area contributed by atoms with E-state index in [1.54, 1.807) is 0 Å². The molecule has 4 heteroatoms. The van der Waals surface area contributed by atoms with Gasteiger partial charge in [-0.05, 0) is 30.9 Å². The Morgan fingerprint density at radius 3 is 2.67 bits per heavy atom. The van der Waals surface area contributed by atoms with E-state index < -0.39 is 0 Å². The molecule has 1 rings (SSSR count). The number of nitrogens with two attached hydrogens (primary N) is 1. The molecule has 0 heterocycles. The molecule has 0 saturated heterocycles. The summed E-state index contributed by atoms with van der Waals surface area (Å²) in [5.41, 5.74) is 8.68. The Hall–Kier alpha value is -1.71. The second-order valence-electron chi connectivity index (χ2n) is 5.06. The summed E-state index contributed by atoms with van der Waals surface area (Å²) in [7, 11) is 2.04. The number of amidine groups is 1. The van der Waals surface area contributed by atoms with Gasteiger partial charge in [-0.1, -0.05) is 31.1 Å². The van der Waals surface area contributed by atoms with E-state index in [2.05, 4.69) is 23.9 Å². The summed E-state index contributed by atoms with van der Waals surface area (Å²) in [5, 5.41) is 12.0. The van der Waals surface area contributed by atoms with Gasteiger partial charge in [-0.3, -0.25) is 0 Å². The van der Waals surface area contributed by atoms with Crippen LogP contribution in [0.4, 0.5) is 5.69 Å². The molecule has 0 atom stereocenters. The lowest BCUT2D eigenvalue weighted by Crippen LogP contribution is -2.25. The maximum atomic E-state index is 8.85. The molecular formula is C14H23N3O. The zero-order valence-corrected chi connectivity index (χ0v) is 11.6. The van der Waals surface area contributed by atoms with Crippen molar-refractivity contribution >= 4 is 11.5 Å². The second kappa shape index (κ2) is 6.28. The number of para-hydroxylation sites is 1. The highest BCUT2D eigenvalue weighted by atomic mass is 16.4. The fourth-order valence-electron chi connectivity index (χ4n) is 1.99. The quantitative estimate of drug-likeness (QED) is 0.365. The van der Waals surface area contributed by atoms with Crippen LogP contribution in [-0.4, -0.2) is 24.6 Å². The molecule has 0 aliphatic carbocycles. The monoisotopic (exact) mass is 249 g/mol. The van der Waals surface area contributed by atoms with E-state index >= 15 is 0 Å². The standard InChI is InChI=1S/C14H23N3O/c1-10(2)8-9-17(4)13-11(3)6-5-7-12(13)14(15)16-18/h5-7,10,18H,8-9H2,1-4H3,(H2,15,16). The van der Waals surface area contributed by atoms with E-state index in [0.717, 1.165) is 29.8 Å². The molecule has 0 unspecified atom stereocenters. The molecule has 0 aromatic heterocycles. The minimum Gasteiger partial charge on any atom is -0.409 e. The first-order chi connectivity index (χ1) is 8.47. The van der Waals surface area contributed by atoms with E-state index in [-0.39, 0.29) is 5.84 Å². The molecule has 1 aromatic carbocycles. The van der Waals surface area contributed by atoms with Crippen molar-refractivity contribution in [3.63, 3.8) is 0 Å². The summed E-state index contributed by atoms with van der Waals surface area (Å²) in [6, 6.07) is 5.83. The number of benzene rings is 1. The van der Waals surface area contributed by atoms with E-state index in [9.17, 15) is 0 Å². The van der Waals surface area contributed by atoms with Gasteiger partial charge in [0.15, 0.2) is 5.84 Å². The zero-order valence-electron chi connectivity index (χ0n) is 11.6. The molecule has 0 radical (unpaired) electrons. The van der Waals surface area contributed by atoms with Gasteiger partial charge in [0.05, 0.1) is 5.69 Å². The number of anilines is 1. The molecule has 1 aromatic rings. The first kappa shape index (κ1) is 14.4. The largest absolute Gasteiger partial charge is 0.409 e. The highest BCUT2D eigenvalue weighted by Crippen LogP contribution is 2.24. The Balaban J connectivity index is 3.06. The zero-order chi connectivity index (χ0) is 13.7. The summed E-state index contributed by atoms with van der Waals surface area (Å²) >= 11 is 0. The molecule has 18 heavy (non-hydrogen) atoms. The third-order valence-corrected chi connectivity index (χ3v) is 3.05. The molecule has 0 saturated carbocycles. The molecular weight excluding hydrogens is 226 g/mol. The summed E-state index contributed by atoms with van der Waals surface area (Å²) in [6.45, 7) is 7.40. The van der Waals surface area contributed by atoms with Crippen LogP contribution in [-0.2, 0) is 0 Å². The average Bonchev–Trinajstić information content (AvgIpc) is 2.34. The number of hydrogen-bond acceptors (Lipinski definition) is 3. The molecule has 0 aliphatic heterocycles. The van der Waals surface area contributed by atoms with Crippen molar-refractivity contribution in [1.29, 1.82) is 0 Å². The van der Waals surface area contributed by atoms with Crippen molar-refractivity contribution in [3.8, 4) is 0 Å². The molecule has 0 spiro atoms. The molecule has 0 fully saturated rings. The Kier molecular flexibility index (Phi) is 5.01. The first-order valence-electron chi connectivity index (χ1n) is 6.26. The Bertz CT molecular complexity index is 427. The van der Waals surface area contributed by atoms with E-state index in [4.69, 9.17) is 10.9 Å². The molecule has 3 N–H and O–H groups in total. The second-order valence-corrected chi connectivity index (χ2v) is 5.06. The maximum Gasteiger partial charge on any atom is 0.172 e. The van der Waals surface area contributed by atoms with Gasteiger partial charge in [0.2, 0.25) is 0 Å². The van der Waals surface area contributed by atoms with Gasteiger partial charge in [-0.2, -0.15) is 0 Å². The van der Waals surface area contributed by atoms with Gasteiger partial charge in [-0.25, -0.2) is 0 Å². The predicted molar refractivity (Wildman–Crippen MR) is 76.4 cm³/mol. The van der Waals surface area contributed by atoms with E-state index in [1.165, 1.54) is 0 Å². The van der Waals surface area contributed by atoms with Crippen molar-refractivity contribution in [2.45, 2.75) is 27.2 Å². The third kappa shape index (κ3) is 3.39. The molecule has 100 valence electrons. The average molecular weight is 249 g/mol. The van der Waals surface area contributed by atoms with Crippen molar-refractivity contribution in [2.24, 2.45) is 16.8 Å². The highest BCUT2D eigenvalue weighted by molar-refractivity contribution is 6.02. The minimum absolute atomic E-state index is 0.157. The van der Waals surface area contributed by atoms with Crippen molar-refractivity contribution < 1.29 is 5.21 Å². The smallest absolute Gasteiger partial charge is 0.172 e. The SMILES string of the molecule is Cc1cccc(/C(N)=N/O)c1N(C)CCC(C)C. The Morgan fingerprint density at radius 2 is 2.11 bits per heavy atom. The van der Waals surface area contributed by atoms with Gasteiger partial charge in [0.1, 0.15) is 0 Å². The number of aryl methyl sites for hydroxylation is 1. The van der Waals surface area contributed by atoms with E-state index in [0.29, 0.717) is 5.92 Å². The van der Waals surface area contributed by atoms with Gasteiger partial charge in [0.25, 0.3) is 0 Å². The highest BCUT2D eigenvalue weighted by Gasteiger charge is 2.13. The van der Waals surface area contributed by atoms with Crippen LogP contribution in [0, 0.1) is 12.8 Å². The van der Waals surface area contributed by atoms with Crippen LogP contribution in [0.5, 0.6) is 0 Å². The fourth-order valence-corrected chi connectivity index (χ4v) is 1.99. The molecule has 0 aliphatic rings. The summed E-state index contributed by atoms with van der Waals surface area (Å²) in [5.74, 6) is 0.814. The minimum atomic E-state index is 0.157. The lowest BCUT2D eigenvalue weighted by Gasteiger charge is -2.25. The van der Waals surface area contributed by atoms with Gasteiger partial charge >= 0.3 is 0 Å². The van der Waals surface area contributed by atoms with Crippen LogP contribution in [0.1, 0.15) is 31.4 Å². The number of rotatable bonds is 5. The van der Waals surface area contributed by atoms with Crippen LogP contribution >= 0.6 is 0 Å². The maximum absolute atomic E-state index is 8.85. The number of oxime groups is 1. The van der Waals surface area contributed by atoms with Gasteiger partial charge < -0.3 is 15.8 Å². The normalized spacial score (nSPS) is 11.9. The van der Waals surface area contributed by atoms with Crippen LogP contribution < -0.4 is 10.6 Å². The van der Waals surface area contributed by atoms with Crippen molar-refractivity contribution in [2.75, 3.05) is 18.5 Å². The summed E-state index contributed by atoms with van der Waals surface area (Å²) in [4.78, 5) is 2.17. The third-order valence-electron chi connectivity index (χ3n) is 3.05. The lowest BCUT2D eigenvalue weighted by molar-refractivity contribution is 0.318. The van der Waals surface area contributed by atoms with Crippen LogP contribution in [0.15, 0.2) is 23.4 Å². The Labute approximate surface area is 109 Å². The van der Waals surface area contributed by atoms with Crippen molar-refractivity contribution in [3.05, 3.63) is 29.3 Å². The topological polar surface area (TPSA) is 61.9 Å². The molecule has 4 nitrogen and oxygen atoms in total. The Morgan fingerprint density at radius 1 is 1.44 bits per heavy atom. The predicted octanol–water partition coefficient (Wildman–Crippen LogP) is 2.57. The number of nitrogens with zero attached hydrogens (tertiary/aromatic N) is 2. The van der Waals surface area contributed by atoms with Crippen molar-refractivity contribution in [1.82, 2.24) is 0 Å². The van der Waals surface area contributed by atoms with E-state index in [1.807, 2.05) is 32.2 Å². The fraction of sp³-hybridized carbons (Fsp3) is 0.500. The molecule has 0 bridgehead atoms. The lowest BCUT2D eigenvalue weighted by atomic mass is 10.0. The van der Waals surface area contributed by atoms with Crippen LogP contribution in [0.2, 0.25) is 0 Å². The summed E-state index contributed by atoms with van der Waals surface area (Å²) < 4.78 is 0. The van der Waals surface area contributed by atoms with Gasteiger partial charge in [0, 0.05) is 19.2 Å². The summed E-state index contributed by atoms with van der Waals surface area (Å²) in [6.07, 6.45) is 1.11.